The topological polar surface area (TPSA) is 38.5 Å². The van der Waals surface area contributed by atoms with Crippen molar-refractivity contribution in [3.8, 4) is 5.75 Å². The molecule has 1 unspecified atom stereocenters. The summed E-state index contributed by atoms with van der Waals surface area (Å²) in [6.45, 7) is 11.0. The number of hydrogen-bond acceptors (Lipinski definition) is 3. The van der Waals surface area contributed by atoms with Crippen LogP contribution in [0.2, 0.25) is 0 Å². The van der Waals surface area contributed by atoms with Gasteiger partial charge in [0.15, 0.2) is 0 Å². The largest absolute Gasteiger partial charge is 0.492 e. The van der Waals surface area contributed by atoms with Crippen LogP contribution < -0.4 is 10.5 Å². The minimum absolute atomic E-state index is 0.404. The number of likely N-dealkylation sites (tertiary alicyclic amines) is 1. The Kier molecular flexibility index (Phi) is 5.22. The maximum atomic E-state index is 5.82. The summed E-state index contributed by atoms with van der Waals surface area (Å²) in [6.07, 6.45) is 1.29. The van der Waals surface area contributed by atoms with Gasteiger partial charge in [0.25, 0.3) is 0 Å². The van der Waals surface area contributed by atoms with Crippen molar-refractivity contribution < 1.29 is 4.74 Å². The number of nitrogens with zero attached hydrogens (tertiary/aromatic N) is 1. The highest BCUT2D eigenvalue weighted by molar-refractivity contribution is 7.80. The summed E-state index contributed by atoms with van der Waals surface area (Å²) in [7, 11) is 0. The second-order valence-electron chi connectivity index (χ2n) is 6.89. The fraction of sp³-hybridized carbons (Fsp3) is 0.588. The molecule has 0 saturated carbocycles. The number of rotatable bonds is 5. The molecule has 0 aliphatic carbocycles. The molecule has 1 aromatic carbocycles. The molecule has 1 fully saturated rings. The molecule has 1 aromatic rings. The number of nitrogens with two attached hydrogens (primary N) is 1. The van der Waals surface area contributed by atoms with E-state index in [-0.39, 0.29) is 0 Å². The van der Waals surface area contributed by atoms with Crippen LogP contribution in [0.25, 0.3) is 0 Å². The molecule has 2 rings (SSSR count). The van der Waals surface area contributed by atoms with E-state index in [4.69, 9.17) is 22.7 Å². The molecule has 0 radical (unpaired) electrons. The number of benzene rings is 1. The van der Waals surface area contributed by atoms with E-state index in [1.807, 2.05) is 24.3 Å². The first-order chi connectivity index (χ1) is 9.86. The van der Waals surface area contributed by atoms with Crippen LogP contribution in [-0.4, -0.2) is 36.1 Å². The normalized spacial score (nSPS) is 19.7. The van der Waals surface area contributed by atoms with Crippen molar-refractivity contribution in [2.24, 2.45) is 17.1 Å². The average Bonchev–Trinajstić information content (AvgIpc) is 2.88. The van der Waals surface area contributed by atoms with Gasteiger partial charge in [0.1, 0.15) is 17.3 Å². The predicted molar refractivity (Wildman–Crippen MR) is 91.8 cm³/mol. The third kappa shape index (κ3) is 4.68. The molecule has 0 amide bonds. The van der Waals surface area contributed by atoms with Gasteiger partial charge in [-0.2, -0.15) is 0 Å². The van der Waals surface area contributed by atoms with E-state index < -0.39 is 0 Å². The molecule has 116 valence electrons. The second-order valence-corrected chi connectivity index (χ2v) is 7.33. The zero-order valence-corrected chi connectivity index (χ0v) is 14.1. The zero-order chi connectivity index (χ0) is 15.5. The first-order valence-electron chi connectivity index (χ1n) is 7.61. The smallest absolute Gasteiger partial charge is 0.120 e. The van der Waals surface area contributed by atoms with E-state index in [0.29, 0.717) is 17.0 Å². The minimum Gasteiger partial charge on any atom is -0.492 e. The predicted octanol–water partition coefficient (Wildman–Crippen LogP) is 3.07. The van der Waals surface area contributed by atoms with E-state index in [1.54, 1.807) is 0 Å². The van der Waals surface area contributed by atoms with Crippen LogP contribution in [0.3, 0.4) is 0 Å². The summed E-state index contributed by atoms with van der Waals surface area (Å²) in [6, 6.07) is 7.69. The van der Waals surface area contributed by atoms with E-state index >= 15 is 0 Å². The maximum Gasteiger partial charge on any atom is 0.120 e. The van der Waals surface area contributed by atoms with Gasteiger partial charge >= 0.3 is 0 Å². The fourth-order valence-electron chi connectivity index (χ4n) is 2.77. The number of thiocarbonyl (C=S) groups is 1. The van der Waals surface area contributed by atoms with Crippen molar-refractivity contribution in [2.75, 3.05) is 26.2 Å². The van der Waals surface area contributed by atoms with Gasteiger partial charge in [-0.1, -0.05) is 45.1 Å². The summed E-state index contributed by atoms with van der Waals surface area (Å²) in [4.78, 5) is 2.90. The highest BCUT2D eigenvalue weighted by Crippen LogP contribution is 2.33. The Bertz CT molecular complexity index is 496. The molecule has 21 heavy (non-hydrogen) atoms. The molecule has 4 heteroatoms. The summed E-state index contributed by atoms with van der Waals surface area (Å²) in [5.41, 5.74) is 6.90. The molecule has 0 aromatic heterocycles. The van der Waals surface area contributed by atoms with Crippen molar-refractivity contribution in [1.82, 2.24) is 4.90 Å². The summed E-state index contributed by atoms with van der Waals surface area (Å²) in [5.74, 6) is 1.63. The second kappa shape index (κ2) is 6.75. The summed E-state index contributed by atoms with van der Waals surface area (Å²) in [5, 5.41) is 0. The van der Waals surface area contributed by atoms with Crippen LogP contribution in [-0.2, 0) is 0 Å². The Hall–Kier alpha value is -1.13. The SMILES string of the molecule is CC(C)(C)C1CCN(CCOc2cccc(C(N)=S)c2)C1. The highest BCUT2D eigenvalue weighted by atomic mass is 32.1. The molecule has 1 heterocycles. The summed E-state index contributed by atoms with van der Waals surface area (Å²) >= 11 is 4.98. The van der Waals surface area contributed by atoms with Crippen molar-refractivity contribution in [2.45, 2.75) is 27.2 Å². The van der Waals surface area contributed by atoms with E-state index in [1.165, 1.54) is 19.5 Å². The van der Waals surface area contributed by atoms with Gasteiger partial charge < -0.3 is 10.5 Å². The average molecular weight is 306 g/mol. The lowest BCUT2D eigenvalue weighted by molar-refractivity contribution is 0.203. The third-order valence-corrected chi connectivity index (χ3v) is 4.53. The zero-order valence-electron chi connectivity index (χ0n) is 13.3. The van der Waals surface area contributed by atoms with E-state index in [2.05, 4.69) is 25.7 Å². The Morgan fingerprint density at radius 1 is 1.43 bits per heavy atom. The van der Waals surface area contributed by atoms with Gasteiger partial charge in [-0.3, -0.25) is 4.90 Å². The van der Waals surface area contributed by atoms with Crippen molar-refractivity contribution in [3.63, 3.8) is 0 Å². The van der Waals surface area contributed by atoms with Crippen molar-refractivity contribution >= 4 is 17.2 Å². The Balaban J connectivity index is 1.78. The van der Waals surface area contributed by atoms with Crippen molar-refractivity contribution in [1.29, 1.82) is 0 Å². The number of ether oxygens (including phenoxy) is 1. The molecule has 0 bridgehead atoms. The Morgan fingerprint density at radius 2 is 2.19 bits per heavy atom. The lowest BCUT2D eigenvalue weighted by atomic mass is 9.80. The van der Waals surface area contributed by atoms with Crippen LogP contribution in [0, 0.1) is 11.3 Å². The molecule has 1 saturated heterocycles. The first-order valence-corrected chi connectivity index (χ1v) is 8.02. The molecule has 1 atom stereocenters. The Morgan fingerprint density at radius 3 is 2.81 bits per heavy atom. The molecule has 1 aliphatic rings. The molecule has 0 spiro atoms. The lowest BCUT2D eigenvalue weighted by Gasteiger charge is -2.27. The highest BCUT2D eigenvalue weighted by Gasteiger charge is 2.31. The molecular formula is C17H26N2OS. The van der Waals surface area contributed by atoms with Crippen LogP contribution >= 0.6 is 12.2 Å². The minimum atomic E-state index is 0.404. The van der Waals surface area contributed by atoms with Crippen molar-refractivity contribution in [3.05, 3.63) is 29.8 Å². The van der Waals surface area contributed by atoms with Gasteiger partial charge in [-0.05, 0) is 36.4 Å². The van der Waals surface area contributed by atoms with Crippen LogP contribution in [0.5, 0.6) is 5.75 Å². The van der Waals surface area contributed by atoms with Gasteiger partial charge in [-0.15, -0.1) is 0 Å². The van der Waals surface area contributed by atoms with E-state index in [0.717, 1.165) is 23.8 Å². The van der Waals surface area contributed by atoms with Crippen LogP contribution in [0.4, 0.5) is 0 Å². The summed E-state index contributed by atoms with van der Waals surface area (Å²) < 4.78 is 5.82. The third-order valence-electron chi connectivity index (χ3n) is 4.29. The maximum absolute atomic E-state index is 5.82. The fourth-order valence-corrected chi connectivity index (χ4v) is 2.90. The Labute approximate surface area is 133 Å². The quantitative estimate of drug-likeness (QED) is 0.849. The van der Waals surface area contributed by atoms with Gasteiger partial charge in [-0.25, -0.2) is 0 Å². The lowest BCUT2D eigenvalue weighted by Crippen LogP contribution is -2.29. The number of hydrogen-bond donors (Lipinski definition) is 1. The van der Waals surface area contributed by atoms with Crippen LogP contribution in [0.15, 0.2) is 24.3 Å². The van der Waals surface area contributed by atoms with E-state index in [9.17, 15) is 0 Å². The molecule has 1 aliphatic heterocycles. The van der Waals surface area contributed by atoms with Gasteiger partial charge in [0.05, 0.1) is 0 Å². The standard InChI is InChI=1S/C17H26N2OS/c1-17(2,3)14-7-8-19(12-14)9-10-20-15-6-4-5-13(11-15)16(18)21/h4-6,11,14H,7-10,12H2,1-3H3,(H2,18,21). The monoisotopic (exact) mass is 306 g/mol. The molecule has 2 N–H and O–H groups in total. The molecular weight excluding hydrogens is 280 g/mol. The van der Waals surface area contributed by atoms with Gasteiger partial charge in [0, 0.05) is 18.7 Å². The molecule has 3 nitrogen and oxygen atoms in total. The van der Waals surface area contributed by atoms with Gasteiger partial charge in [0.2, 0.25) is 0 Å². The first kappa shape index (κ1) is 16.2. The van der Waals surface area contributed by atoms with Crippen LogP contribution in [0.1, 0.15) is 32.8 Å².